The minimum atomic E-state index is 0.386. The van der Waals surface area contributed by atoms with E-state index in [4.69, 9.17) is 15.3 Å². The maximum absolute atomic E-state index is 5.41. The summed E-state index contributed by atoms with van der Waals surface area (Å²) < 4.78 is 10.4. The summed E-state index contributed by atoms with van der Waals surface area (Å²) in [4.78, 5) is 8.68. The molecule has 0 amide bonds. The third-order valence-electron chi connectivity index (χ3n) is 2.63. The second-order valence-corrected chi connectivity index (χ2v) is 5.34. The fourth-order valence-electron chi connectivity index (χ4n) is 1.77. The highest BCUT2D eigenvalue weighted by Crippen LogP contribution is 2.29. The maximum Gasteiger partial charge on any atom is 0.157 e. The summed E-state index contributed by atoms with van der Waals surface area (Å²) in [5, 5.41) is 1.48. The summed E-state index contributed by atoms with van der Waals surface area (Å²) in [5.74, 6) is 6.67. The molecular formula is C11H18N4O2S. The fraction of sp³-hybridized carbons (Fsp3) is 0.636. The molecule has 18 heavy (non-hydrogen) atoms. The fourth-order valence-corrected chi connectivity index (χ4v) is 2.87. The second kappa shape index (κ2) is 6.89. The summed E-state index contributed by atoms with van der Waals surface area (Å²) >= 11 is 1.75. The summed E-state index contributed by atoms with van der Waals surface area (Å²) in [7, 11) is 1.62. The Bertz CT molecular complexity index is 385. The van der Waals surface area contributed by atoms with Gasteiger partial charge in [-0.05, 0) is 12.8 Å². The quantitative estimate of drug-likeness (QED) is 0.472. The van der Waals surface area contributed by atoms with Crippen LogP contribution in [0.15, 0.2) is 11.1 Å². The van der Waals surface area contributed by atoms with Crippen molar-refractivity contribution in [2.45, 2.75) is 29.7 Å². The van der Waals surface area contributed by atoms with Gasteiger partial charge in [0.05, 0.1) is 0 Å². The maximum atomic E-state index is 5.41. The first-order valence-electron chi connectivity index (χ1n) is 5.89. The van der Waals surface area contributed by atoms with Crippen LogP contribution in [0.1, 0.15) is 18.7 Å². The summed E-state index contributed by atoms with van der Waals surface area (Å²) in [6, 6.07) is 1.86. The van der Waals surface area contributed by atoms with Crippen molar-refractivity contribution < 1.29 is 9.47 Å². The predicted molar refractivity (Wildman–Crippen MR) is 70.3 cm³/mol. The standard InChI is InChI=1S/C11H18N4O2S/c1-16-7-10-13-9(15-12)6-11(14-10)18-8-2-4-17-5-3-8/h6,8H,2-5,7,12H2,1H3,(H,13,14,15). The molecule has 0 saturated carbocycles. The van der Waals surface area contributed by atoms with Crippen LogP contribution in [0.5, 0.6) is 0 Å². The first-order chi connectivity index (χ1) is 8.81. The van der Waals surface area contributed by atoms with E-state index < -0.39 is 0 Å². The molecule has 3 N–H and O–H groups in total. The molecule has 1 aliphatic heterocycles. The van der Waals surface area contributed by atoms with E-state index in [9.17, 15) is 0 Å². The van der Waals surface area contributed by atoms with Gasteiger partial charge < -0.3 is 14.9 Å². The number of ether oxygens (including phenoxy) is 2. The van der Waals surface area contributed by atoms with Crippen molar-refractivity contribution in [1.29, 1.82) is 0 Å². The van der Waals surface area contributed by atoms with Crippen LogP contribution in [-0.2, 0) is 16.1 Å². The average molecular weight is 270 g/mol. The molecule has 1 aromatic heterocycles. The number of hydrazine groups is 1. The van der Waals surface area contributed by atoms with Crippen LogP contribution in [0.2, 0.25) is 0 Å². The minimum absolute atomic E-state index is 0.386. The van der Waals surface area contributed by atoms with E-state index in [-0.39, 0.29) is 0 Å². The van der Waals surface area contributed by atoms with Gasteiger partial charge in [0, 0.05) is 31.6 Å². The topological polar surface area (TPSA) is 82.3 Å². The monoisotopic (exact) mass is 270 g/mol. The van der Waals surface area contributed by atoms with Crippen LogP contribution in [-0.4, -0.2) is 35.5 Å². The number of nitrogens with two attached hydrogens (primary N) is 1. The van der Waals surface area contributed by atoms with Gasteiger partial charge in [0.25, 0.3) is 0 Å². The van der Waals surface area contributed by atoms with Crippen LogP contribution in [0.4, 0.5) is 5.82 Å². The molecule has 0 bridgehead atoms. The molecule has 2 heterocycles. The SMILES string of the molecule is COCc1nc(NN)cc(SC2CCOCC2)n1. The molecule has 0 radical (unpaired) electrons. The van der Waals surface area contributed by atoms with E-state index in [1.54, 1.807) is 18.9 Å². The lowest BCUT2D eigenvalue weighted by Gasteiger charge is -2.21. The van der Waals surface area contributed by atoms with Crippen molar-refractivity contribution in [3.05, 3.63) is 11.9 Å². The molecule has 6 nitrogen and oxygen atoms in total. The Labute approximate surface area is 111 Å². The number of nitrogen functional groups attached to an aromatic ring is 1. The van der Waals surface area contributed by atoms with Crippen molar-refractivity contribution in [3.63, 3.8) is 0 Å². The molecular weight excluding hydrogens is 252 g/mol. The lowest BCUT2D eigenvalue weighted by molar-refractivity contribution is 0.1000. The zero-order valence-corrected chi connectivity index (χ0v) is 11.2. The number of rotatable bonds is 5. The summed E-state index contributed by atoms with van der Waals surface area (Å²) in [6.07, 6.45) is 2.11. The summed E-state index contributed by atoms with van der Waals surface area (Å²) in [5.41, 5.74) is 2.56. The molecule has 1 fully saturated rings. The predicted octanol–water partition coefficient (Wildman–Crippen LogP) is 1.18. The van der Waals surface area contributed by atoms with Gasteiger partial charge in [-0.3, -0.25) is 0 Å². The Morgan fingerprint density at radius 1 is 1.50 bits per heavy atom. The zero-order valence-electron chi connectivity index (χ0n) is 10.4. The molecule has 100 valence electrons. The highest BCUT2D eigenvalue weighted by atomic mass is 32.2. The molecule has 2 rings (SSSR count). The zero-order chi connectivity index (χ0) is 12.8. The molecule has 0 atom stereocenters. The Hall–Kier alpha value is -0.890. The van der Waals surface area contributed by atoms with Gasteiger partial charge in [0.15, 0.2) is 5.82 Å². The Kier molecular flexibility index (Phi) is 5.18. The van der Waals surface area contributed by atoms with Crippen molar-refractivity contribution in [2.24, 2.45) is 5.84 Å². The summed E-state index contributed by atoms with van der Waals surface area (Å²) in [6.45, 7) is 2.04. The first kappa shape index (κ1) is 13.5. The van der Waals surface area contributed by atoms with Gasteiger partial charge >= 0.3 is 0 Å². The van der Waals surface area contributed by atoms with Gasteiger partial charge in [-0.25, -0.2) is 15.8 Å². The highest BCUT2D eigenvalue weighted by molar-refractivity contribution is 7.99. The number of thioether (sulfide) groups is 1. The smallest absolute Gasteiger partial charge is 0.157 e. The molecule has 1 aliphatic rings. The Morgan fingerprint density at radius 3 is 2.94 bits per heavy atom. The number of nitrogens with zero attached hydrogens (tertiary/aromatic N) is 2. The lowest BCUT2D eigenvalue weighted by Crippen LogP contribution is -2.18. The van der Waals surface area contributed by atoms with Gasteiger partial charge in [-0.15, -0.1) is 11.8 Å². The van der Waals surface area contributed by atoms with E-state index in [0.29, 0.717) is 23.5 Å². The Balaban J connectivity index is 2.07. The van der Waals surface area contributed by atoms with Crippen LogP contribution in [0.3, 0.4) is 0 Å². The molecule has 0 unspecified atom stereocenters. The Morgan fingerprint density at radius 2 is 2.28 bits per heavy atom. The number of nitrogens with one attached hydrogen (secondary N) is 1. The van der Waals surface area contributed by atoms with E-state index in [2.05, 4.69) is 15.4 Å². The van der Waals surface area contributed by atoms with Crippen LogP contribution in [0, 0.1) is 0 Å². The number of hydrogen-bond donors (Lipinski definition) is 2. The molecule has 1 aromatic rings. The van der Waals surface area contributed by atoms with E-state index >= 15 is 0 Å². The van der Waals surface area contributed by atoms with Crippen LogP contribution < -0.4 is 11.3 Å². The molecule has 0 aromatic carbocycles. The lowest BCUT2D eigenvalue weighted by atomic mass is 10.2. The van der Waals surface area contributed by atoms with Gasteiger partial charge in [-0.2, -0.15) is 0 Å². The largest absolute Gasteiger partial charge is 0.381 e. The number of anilines is 1. The number of methoxy groups -OCH3 is 1. The minimum Gasteiger partial charge on any atom is -0.381 e. The van der Waals surface area contributed by atoms with Crippen molar-refractivity contribution in [3.8, 4) is 0 Å². The average Bonchev–Trinajstić information content (AvgIpc) is 2.40. The molecule has 0 spiro atoms. The van der Waals surface area contributed by atoms with Crippen LogP contribution >= 0.6 is 11.8 Å². The third-order valence-corrected chi connectivity index (χ3v) is 3.88. The van der Waals surface area contributed by atoms with Gasteiger partial charge in [0.1, 0.15) is 17.5 Å². The number of aromatic nitrogens is 2. The number of hydrogen-bond acceptors (Lipinski definition) is 7. The van der Waals surface area contributed by atoms with Crippen molar-refractivity contribution >= 4 is 17.6 Å². The molecule has 1 saturated heterocycles. The van der Waals surface area contributed by atoms with E-state index in [0.717, 1.165) is 31.1 Å². The van der Waals surface area contributed by atoms with Crippen molar-refractivity contribution in [2.75, 3.05) is 25.7 Å². The van der Waals surface area contributed by atoms with E-state index in [1.165, 1.54) is 0 Å². The second-order valence-electron chi connectivity index (χ2n) is 4.01. The van der Waals surface area contributed by atoms with Gasteiger partial charge in [-0.1, -0.05) is 0 Å². The highest BCUT2D eigenvalue weighted by Gasteiger charge is 2.16. The first-order valence-corrected chi connectivity index (χ1v) is 6.77. The van der Waals surface area contributed by atoms with Gasteiger partial charge in [0.2, 0.25) is 0 Å². The van der Waals surface area contributed by atoms with Crippen molar-refractivity contribution in [1.82, 2.24) is 9.97 Å². The van der Waals surface area contributed by atoms with E-state index in [1.807, 2.05) is 6.07 Å². The normalized spacial score (nSPS) is 16.8. The van der Waals surface area contributed by atoms with Crippen LogP contribution in [0.25, 0.3) is 0 Å². The molecule has 0 aliphatic carbocycles. The third kappa shape index (κ3) is 3.81. The molecule has 7 heteroatoms.